The van der Waals surface area contributed by atoms with Crippen LogP contribution in [0.15, 0.2) is 0 Å². The molecule has 0 heterocycles. The van der Waals surface area contributed by atoms with Crippen LogP contribution in [0.1, 0.15) is 40.0 Å². The van der Waals surface area contributed by atoms with Gasteiger partial charge in [-0.3, -0.25) is 4.79 Å². The molecule has 0 spiro atoms. The second-order valence-electron chi connectivity index (χ2n) is 8.08. The number of carbonyl (C=O) groups excluding carboxylic acids is 1. The maximum absolute atomic E-state index is 14.0. The third-order valence-corrected chi connectivity index (χ3v) is 9.17. The molecule has 0 aliphatic heterocycles. The SMILES string of the molecule is CC1(C)C2CC(CC(=O)C(F)(F)S(=O)(=O)[N-]S(=O)(=O)C(F)(F)F)C(C)(O)C1C2. The molecule has 4 atom stereocenters. The summed E-state index contributed by atoms with van der Waals surface area (Å²) in [6.45, 7) is 5.05. The third kappa shape index (κ3) is 3.45. The summed E-state index contributed by atoms with van der Waals surface area (Å²) >= 11 is 0. The van der Waals surface area contributed by atoms with Crippen molar-refractivity contribution in [1.29, 1.82) is 0 Å². The van der Waals surface area contributed by atoms with Crippen LogP contribution >= 0.6 is 0 Å². The molecule has 0 aromatic carbocycles. The average Bonchev–Trinajstić information content (AvgIpc) is 2.45. The standard InChI is InChI=1S/C14H19F5NO6S2/c1-11(2)7-4-8(12(3,22)9(11)5-7)6-10(21)13(15,16)27(23,24)20-28(25,26)14(17,18)19/h7-9,22H,4-6H2,1-3H3/q-1. The highest BCUT2D eigenvalue weighted by Gasteiger charge is 2.63. The largest absolute Gasteiger partial charge is 0.480 e. The van der Waals surface area contributed by atoms with Crippen molar-refractivity contribution in [2.75, 3.05) is 0 Å². The molecule has 0 aromatic heterocycles. The van der Waals surface area contributed by atoms with Crippen molar-refractivity contribution < 1.29 is 48.7 Å². The second-order valence-corrected chi connectivity index (χ2v) is 11.6. The van der Waals surface area contributed by atoms with E-state index in [1.807, 2.05) is 13.8 Å². The van der Waals surface area contributed by atoms with E-state index in [1.54, 1.807) is 0 Å². The van der Waals surface area contributed by atoms with Crippen LogP contribution in [0.3, 0.4) is 0 Å². The van der Waals surface area contributed by atoms with E-state index in [1.165, 1.54) is 11.1 Å². The second kappa shape index (κ2) is 6.32. The smallest absolute Gasteiger partial charge is 0.423 e. The molecule has 0 aromatic rings. The predicted octanol–water partition coefficient (Wildman–Crippen LogP) is 2.52. The summed E-state index contributed by atoms with van der Waals surface area (Å²) in [6.07, 6.45) is -0.418. The Morgan fingerprint density at radius 2 is 1.54 bits per heavy atom. The van der Waals surface area contributed by atoms with Crippen LogP contribution in [0.2, 0.25) is 0 Å². The first kappa shape index (κ1) is 23.4. The lowest BCUT2D eigenvalue weighted by Crippen LogP contribution is -2.64. The van der Waals surface area contributed by atoms with E-state index in [4.69, 9.17) is 0 Å². The highest BCUT2D eigenvalue weighted by Crippen LogP contribution is 2.65. The zero-order chi connectivity index (χ0) is 22.1. The molecule has 2 bridgehead atoms. The van der Waals surface area contributed by atoms with Gasteiger partial charge in [0.1, 0.15) is 0 Å². The number of hydrogen-bond donors (Lipinski definition) is 1. The number of halogens is 5. The van der Waals surface area contributed by atoms with Gasteiger partial charge < -0.3 is 9.23 Å². The Kier molecular flexibility index (Phi) is 5.28. The summed E-state index contributed by atoms with van der Waals surface area (Å²) in [5, 5.41) is 5.18. The van der Waals surface area contributed by atoms with Gasteiger partial charge in [0.05, 0.1) is 5.60 Å². The topological polar surface area (TPSA) is 120 Å². The molecule has 3 fully saturated rings. The highest BCUT2D eigenvalue weighted by molar-refractivity contribution is 8.13. The number of alkyl halides is 5. The minimum Gasteiger partial charge on any atom is -0.423 e. The van der Waals surface area contributed by atoms with Gasteiger partial charge in [-0.2, -0.15) is 22.0 Å². The van der Waals surface area contributed by atoms with Crippen LogP contribution in [0.4, 0.5) is 22.0 Å². The molecule has 28 heavy (non-hydrogen) atoms. The van der Waals surface area contributed by atoms with Crippen molar-refractivity contribution in [3.05, 3.63) is 4.13 Å². The van der Waals surface area contributed by atoms with Crippen molar-refractivity contribution in [1.82, 2.24) is 0 Å². The maximum atomic E-state index is 14.0. The van der Waals surface area contributed by atoms with Crippen molar-refractivity contribution >= 4 is 25.8 Å². The quantitative estimate of drug-likeness (QED) is 0.614. The fourth-order valence-corrected chi connectivity index (χ4v) is 6.39. The molecule has 3 saturated carbocycles. The van der Waals surface area contributed by atoms with Gasteiger partial charge in [-0.15, -0.1) is 0 Å². The zero-order valence-corrected chi connectivity index (χ0v) is 16.6. The van der Waals surface area contributed by atoms with Crippen LogP contribution in [0.5, 0.6) is 0 Å². The molecule has 1 N–H and O–H groups in total. The number of carbonyl (C=O) groups is 1. The van der Waals surface area contributed by atoms with Gasteiger partial charge in [0.15, 0.2) is 20.0 Å². The average molecular weight is 456 g/mol. The first-order chi connectivity index (χ1) is 12.2. The van der Waals surface area contributed by atoms with Crippen LogP contribution < -0.4 is 0 Å². The lowest BCUT2D eigenvalue weighted by molar-refractivity contribution is -0.226. The van der Waals surface area contributed by atoms with Gasteiger partial charge in [-0.05, 0) is 42.9 Å². The van der Waals surface area contributed by atoms with E-state index < -0.39 is 54.5 Å². The van der Waals surface area contributed by atoms with Crippen LogP contribution in [0, 0.1) is 23.2 Å². The lowest BCUT2D eigenvalue weighted by Gasteiger charge is -2.65. The van der Waals surface area contributed by atoms with E-state index in [-0.39, 0.29) is 23.7 Å². The monoisotopic (exact) mass is 456 g/mol. The number of rotatable bonds is 6. The first-order valence-electron chi connectivity index (χ1n) is 8.11. The van der Waals surface area contributed by atoms with Crippen molar-refractivity contribution in [3.63, 3.8) is 0 Å². The number of aliphatic hydroxyl groups is 1. The third-order valence-electron chi connectivity index (χ3n) is 6.14. The molecule has 14 heteroatoms. The van der Waals surface area contributed by atoms with Gasteiger partial charge in [0.25, 0.3) is 0 Å². The first-order valence-corrected chi connectivity index (χ1v) is 11.0. The Bertz CT molecular complexity index is 878. The van der Waals surface area contributed by atoms with E-state index in [2.05, 4.69) is 0 Å². The fraction of sp³-hybridized carbons (Fsp3) is 0.929. The van der Waals surface area contributed by atoms with E-state index in [0.29, 0.717) is 6.42 Å². The number of ketones is 1. The molecule has 3 aliphatic rings. The molecular formula is C14H19F5NO6S2-. The van der Waals surface area contributed by atoms with Gasteiger partial charge in [-0.1, -0.05) is 13.8 Å². The molecule has 0 amide bonds. The maximum Gasteiger partial charge on any atom is 0.480 e. The van der Waals surface area contributed by atoms with Crippen molar-refractivity contribution in [2.45, 2.75) is 56.4 Å². The molecule has 0 saturated heterocycles. The highest BCUT2D eigenvalue weighted by atomic mass is 32.3. The number of fused-ring (bicyclic) bond motifs is 2. The summed E-state index contributed by atoms with van der Waals surface area (Å²) in [5.74, 6) is -3.72. The Morgan fingerprint density at radius 3 is 1.93 bits per heavy atom. The number of Topliss-reactive ketones (excluding diaryl/α,β-unsaturated/α-hetero) is 1. The molecule has 3 aliphatic carbocycles. The summed E-state index contributed by atoms with van der Waals surface area (Å²) in [4.78, 5) is 11.9. The summed E-state index contributed by atoms with van der Waals surface area (Å²) in [6, 6.07) is 0. The van der Waals surface area contributed by atoms with E-state index >= 15 is 0 Å². The molecule has 164 valence electrons. The lowest BCUT2D eigenvalue weighted by atomic mass is 9.41. The minimum atomic E-state index is -6.79. The van der Waals surface area contributed by atoms with E-state index in [9.17, 15) is 48.7 Å². The Labute approximate surface area is 158 Å². The Morgan fingerprint density at radius 1 is 1.04 bits per heavy atom. The van der Waals surface area contributed by atoms with Crippen LogP contribution in [-0.2, 0) is 24.8 Å². The fourth-order valence-electron chi connectivity index (χ4n) is 4.27. The molecule has 7 nitrogen and oxygen atoms in total. The predicted molar refractivity (Wildman–Crippen MR) is 85.9 cm³/mol. The number of sulfonamides is 2. The summed E-state index contributed by atoms with van der Waals surface area (Å²) in [7, 11) is -13.5. The van der Waals surface area contributed by atoms with Crippen LogP contribution in [0.25, 0.3) is 4.13 Å². The van der Waals surface area contributed by atoms with E-state index in [0.717, 1.165) is 0 Å². The molecule has 3 rings (SSSR count). The molecule has 4 unspecified atom stereocenters. The normalized spacial score (nSPS) is 33.2. The summed E-state index contributed by atoms with van der Waals surface area (Å²) in [5.41, 5.74) is -8.12. The van der Waals surface area contributed by atoms with Crippen molar-refractivity contribution in [2.24, 2.45) is 23.2 Å². The van der Waals surface area contributed by atoms with Gasteiger partial charge in [-0.25, -0.2) is 16.8 Å². The summed E-state index contributed by atoms with van der Waals surface area (Å²) < 4.78 is 111. The Balaban J connectivity index is 2.22. The van der Waals surface area contributed by atoms with Gasteiger partial charge in [0, 0.05) is 6.42 Å². The van der Waals surface area contributed by atoms with Crippen molar-refractivity contribution in [3.8, 4) is 0 Å². The molecular weight excluding hydrogens is 437 g/mol. The number of nitrogens with zero attached hydrogens (tertiary/aromatic N) is 1. The Hall–Kier alpha value is -0.860. The van der Waals surface area contributed by atoms with Crippen LogP contribution in [-0.4, -0.2) is 44.1 Å². The minimum absolute atomic E-state index is 0.00366. The molecule has 0 radical (unpaired) electrons. The van der Waals surface area contributed by atoms with Gasteiger partial charge >= 0.3 is 10.8 Å². The zero-order valence-electron chi connectivity index (χ0n) is 15.0. The van der Waals surface area contributed by atoms with Gasteiger partial charge in [0.2, 0.25) is 5.78 Å². The number of hydrogen-bond acceptors (Lipinski definition) is 6.